The summed E-state index contributed by atoms with van der Waals surface area (Å²) >= 11 is 0. The molecule has 0 unspecified atom stereocenters. The molecule has 11 nitrogen and oxygen atoms in total. The Morgan fingerprint density at radius 2 is 0.750 bits per heavy atom. The summed E-state index contributed by atoms with van der Waals surface area (Å²) in [6.07, 6.45) is -0.675. The van der Waals surface area contributed by atoms with Crippen LogP contribution in [0.15, 0.2) is 0 Å². The molecule has 11 heteroatoms. The number of ether oxygens (including phenoxy) is 6. The van der Waals surface area contributed by atoms with E-state index in [1.807, 2.05) is 13.8 Å². The molecule has 32 heavy (non-hydrogen) atoms. The molecule has 0 spiro atoms. The maximum atomic E-state index is 13.4. The van der Waals surface area contributed by atoms with Crippen molar-refractivity contribution >= 4 is 6.16 Å². The second-order valence-electron chi connectivity index (χ2n) is 8.72. The number of carbonyl (C=O) groups excluding carboxylic acids is 1. The highest BCUT2D eigenvalue weighted by atomic mass is 16.8. The van der Waals surface area contributed by atoms with Crippen molar-refractivity contribution < 1.29 is 33.2 Å². The van der Waals surface area contributed by atoms with Gasteiger partial charge < -0.3 is 28.4 Å². The Kier molecular flexibility index (Phi) is 8.22. The number of rotatable bonds is 6. The zero-order valence-corrected chi connectivity index (χ0v) is 19.5. The Labute approximate surface area is 190 Å². The molecule has 0 saturated carbocycles. The minimum absolute atomic E-state index is 0.609. The highest BCUT2D eigenvalue weighted by Crippen LogP contribution is 2.29. The van der Waals surface area contributed by atoms with Crippen molar-refractivity contribution in [3.63, 3.8) is 0 Å². The highest BCUT2D eigenvalue weighted by molar-refractivity contribution is 5.61. The molecule has 0 radical (unpaired) electrons. The van der Waals surface area contributed by atoms with Crippen LogP contribution >= 0.6 is 0 Å². The van der Waals surface area contributed by atoms with Crippen molar-refractivity contribution in [2.45, 2.75) is 25.5 Å². The fourth-order valence-corrected chi connectivity index (χ4v) is 4.91. The van der Waals surface area contributed by atoms with E-state index in [0.717, 1.165) is 0 Å². The van der Waals surface area contributed by atoms with Gasteiger partial charge in [0.1, 0.15) is 0 Å². The van der Waals surface area contributed by atoms with Crippen molar-refractivity contribution in [2.24, 2.45) is 0 Å². The molecular formula is C21H38N4O7. The maximum Gasteiger partial charge on any atom is 0.513 e. The number of hydrogen-bond donors (Lipinski definition) is 0. The van der Waals surface area contributed by atoms with Gasteiger partial charge in [0.2, 0.25) is 11.7 Å². The molecule has 4 heterocycles. The van der Waals surface area contributed by atoms with Crippen molar-refractivity contribution in [2.75, 3.05) is 105 Å². The van der Waals surface area contributed by atoms with E-state index < -0.39 is 17.9 Å². The minimum Gasteiger partial charge on any atom is -0.399 e. The minimum atomic E-state index is -0.929. The van der Waals surface area contributed by atoms with Gasteiger partial charge in [0.25, 0.3) is 0 Å². The molecule has 0 aliphatic carbocycles. The first-order valence-corrected chi connectivity index (χ1v) is 11.8. The molecule has 0 N–H and O–H groups in total. The first-order chi connectivity index (χ1) is 15.5. The zero-order chi connectivity index (χ0) is 22.4. The predicted molar refractivity (Wildman–Crippen MR) is 114 cm³/mol. The third-order valence-corrected chi connectivity index (χ3v) is 6.94. The van der Waals surface area contributed by atoms with Gasteiger partial charge in [-0.15, -0.1) is 0 Å². The topological polar surface area (TPSA) is 85.4 Å². The summed E-state index contributed by atoms with van der Waals surface area (Å²) in [6.45, 7) is 14.3. The molecule has 0 aromatic heterocycles. The molecule has 184 valence electrons. The summed E-state index contributed by atoms with van der Waals surface area (Å²) < 4.78 is 34.4. The maximum absolute atomic E-state index is 13.4. The van der Waals surface area contributed by atoms with Gasteiger partial charge in [0.15, 0.2) is 0 Å². The zero-order valence-electron chi connectivity index (χ0n) is 19.5. The lowest BCUT2D eigenvalue weighted by Gasteiger charge is -2.51. The number of carbonyl (C=O) groups is 1. The number of nitrogens with zero attached hydrogens (tertiary/aromatic N) is 4. The summed E-state index contributed by atoms with van der Waals surface area (Å²) in [5, 5.41) is 0. The van der Waals surface area contributed by atoms with Crippen LogP contribution in [0.5, 0.6) is 0 Å². The van der Waals surface area contributed by atoms with Crippen LogP contribution in [0.4, 0.5) is 4.79 Å². The Hall–Kier alpha value is -1.05. The fourth-order valence-electron chi connectivity index (χ4n) is 4.91. The van der Waals surface area contributed by atoms with E-state index >= 15 is 0 Å². The van der Waals surface area contributed by atoms with Crippen LogP contribution in [-0.2, 0) is 28.4 Å². The Morgan fingerprint density at radius 1 is 0.531 bits per heavy atom. The largest absolute Gasteiger partial charge is 0.513 e. The lowest BCUT2D eigenvalue weighted by molar-refractivity contribution is -0.276. The van der Waals surface area contributed by atoms with Crippen LogP contribution in [0.25, 0.3) is 0 Å². The van der Waals surface area contributed by atoms with E-state index in [4.69, 9.17) is 28.4 Å². The van der Waals surface area contributed by atoms with E-state index in [1.165, 1.54) is 0 Å². The van der Waals surface area contributed by atoms with Crippen molar-refractivity contribution in [3.8, 4) is 0 Å². The summed E-state index contributed by atoms with van der Waals surface area (Å²) in [4.78, 5) is 22.0. The molecule has 4 aliphatic heterocycles. The summed E-state index contributed by atoms with van der Waals surface area (Å²) in [7, 11) is 0. The Morgan fingerprint density at radius 3 is 0.969 bits per heavy atom. The van der Waals surface area contributed by atoms with Gasteiger partial charge in [-0.3, -0.25) is 0 Å². The molecule has 4 aliphatic rings. The van der Waals surface area contributed by atoms with E-state index in [2.05, 4.69) is 19.6 Å². The molecule has 0 aromatic rings. The quantitative estimate of drug-likeness (QED) is 0.497. The number of morpholine rings is 4. The van der Waals surface area contributed by atoms with Gasteiger partial charge in [0.05, 0.1) is 52.9 Å². The van der Waals surface area contributed by atoms with Gasteiger partial charge in [-0.05, 0) is 0 Å². The van der Waals surface area contributed by atoms with E-state index in [1.54, 1.807) is 0 Å². The van der Waals surface area contributed by atoms with Crippen molar-refractivity contribution in [1.82, 2.24) is 19.6 Å². The SMILES string of the molecule is CC(OC(=O)OC(C)(N1CCOCC1)N1CCOCC1)(N1CCOCC1)N1CCOCC1. The molecule has 4 saturated heterocycles. The van der Waals surface area contributed by atoms with Crippen LogP contribution in [-0.4, -0.2) is 143 Å². The summed E-state index contributed by atoms with van der Waals surface area (Å²) in [5.74, 6) is -1.86. The Balaban J connectivity index is 1.51. The van der Waals surface area contributed by atoms with Crippen LogP contribution in [0, 0.1) is 0 Å². The van der Waals surface area contributed by atoms with E-state index in [-0.39, 0.29) is 0 Å². The lowest BCUT2D eigenvalue weighted by atomic mass is 10.2. The first-order valence-electron chi connectivity index (χ1n) is 11.8. The second kappa shape index (κ2) is 10.9. The standard InChI is InChI=1S/C21H38N4O7/c1-20(22-3-11-27-12-4-22,23-5-13-28-14-6-23)31-19(26)32-21(2,24-7-15-29-16-8-24)25-9-17-30-18-10-25/h3-18H2,1-2H3. The molecule has 4 rings (SSSR count). The van der Waals surface area contributed by atoms with Gasteiger partial charge >= 0.3 is 6.16 Å². The third-order valence-electron chi connectivity index (χ3n) is 6.94. The molecule has 0 aromatic carbocycles. The predicted octanol–water partition coefficient (Wildman–Crippen LogP) is -0.184. The smallest absolute Gasteiger partial charge is 0.399 e. The number of hydrogen-bond acceptors (Lipinski definition) is 11. The second-order valence-corrected chi connectivity index (χ2v) is 8.72. The van der Waals surface area contributed by atoms with Crippen molar-refractivity contribution in [1.29, 1.82) is 0 Å². The average molecular weight is 459 g/mol. The monoisotopic (exact) mass is 458 g/mol. The lowest BCUT2D eigenvalue weighted by Crippen LogP contribution is -2.68. The Bertz CT molecular complexity index is 515. The molecule has 4 fully saturated rings. The fraction of sp³-hybridized carbons (Fsp3) is 0.952. The van der Waals surface area contributed by atoms with Gasteiger partial charge in [-0.1, -0.05) is 0 Å². The molecule has 0 amide bonds. The van der Waals surface area contributed by atoms with Gasteiger partial charge in [-0.2, -0.15) is 0 Å². The normalized spacial score (nSPS) is 26.1. The third kappa shape index (κ3) is 5.36. The van der Waals surface area contributed by atoms with Crippen LogP contribution in [0.3, 0.4) is 0 Å². The van der Waals surface area contributed by atoms with Crippen LogP contribution in [0.1, 0.15) is 13.8 Å². The van der Waals surface area contributed by atoms with Gasteiger partial charge in [0, 0.05) is 66.2 Å². The molecule has 0 bridgehead atoms. The van der Waals surface area contributed by atoms with E-state index in [0.29, 0.717) is 105 Å². The van der Waals surface area contributed by atoms with Crippen LogP contribution < -0.4 is 0 Å². The molecule has 0 atom stereocenters. The average Bonchev–Trinajstić information content (AvgIpc) is 2.86. The van der Waals surface area contributed by atoms with Crippen molar-refractivity contribution in [3.05, 3.63) is 0 Å². The molecular weight excluding hydrogens is 420 g/mol. The highest BCUT2D eigenvalue weighted by Gasteiger charge is 2.48. The van der Waals surface area contributed by atoms with Crippen LogP contribution in [0.2, 0.25) is 0 Å². The summed E-state index contributed by atoms with van der Waals surface area (Å²) in [6, 6.07) is 0. The van der Waals surface area contributed by atoms with Gasteiger partial charge in [-0.25, -0.2) is 24.4 Å². The first kappa shape index (κ1) is 24.1. The van der Waals surface area contributed by atoms with E-state index in [9.17, 15) is 4.79 Å². The summed E-state index contributed by atoms with van der Waals surface area (Å²) in [5.41, 5.74) is 0.